The van der Waals surface area contributed by atoms with E-state index >= 15 is 0 Å². The van der Waals surface area contributed by atoms with Gasteiger partial charge in [0.15, 0.2) is 6.04 Å². The van der Waals surface area contributed by atoms with Crippen LogP contribution in [0.1, 0.15) is 21.3 Å². The summed E-state index contributed by atoms with van der Waals surface area (Å²) in [6.45, 7) is 0. The molecule has 4 rings (SSSR count). The number of carbonyl (C=O) groups excluding carboxylic acids is 1. The second-order valence-corrected chi connectivity index (χ2v) is 9.40. The summed E-state index contributed by atoms with van der Waals surface area (Å²) in [6, 6.07) is 7.68. The molecule has 2 aromatic heterocycles. The second-order valence-electron chi connectivity index (χ2n) is 7.25. The van der Waals surface area contributed by atoms with Gasteiger partial charge in [-0.3, -0.25) is 9.59 Å². The van der Waals surface area contributed by atoms with Crippen LogP contribution in [0.3, 0.4) is 0 Å². The molecule has 0 aliphatic rings. The highest BCUT2D eigenvalue weighted by atomic mass is 35.5. The van der Waals surface area contributed by atoms with E-state index in [0.29, 0.717) is 9.21 Å². The summed E-state index contributed by atoms with van der Waals surface area (Å²) in [4.78, 5) is 52.8. The first-order valence-electron chi connectivity index (χ1n) is 9.86. The van der Waals surface area contributed by atoms with E-state index in [1.807, 2.05) is 0 Å². The number of rotatable bonds is 6. The number of aromatic amines is 1. The molecule has 0 fully saturated rings. The molecule has 1 amide bonds. The smallest absolute Gasteiger partial charge is 0.333 e. The molecule has 180 valence electrons. The lowest BCUT2D eigenvalue weighted by molar-refractivity contribution is -0.139. The number of aromatic nitrogens is 2. The van der Waals surface area contributed by atoms with Gasteiger partial charge in [0.05, 0.1) is 37.2 Å². The van der Waals surface area contributed by atoms with Gasteiger partial charge in [0.2, 0.25) is 0 Å². The molecule has 0 spiro atoms. The molecule has 4 aromatic rings. The molecule has 0 radical (unpaired) electrons. The molecule has 0 bridgehead atoms. The van der Waals surface area contributed by atoms with Gasteiger partial charge in [0.25, 0.3) is 11.5 Å². The van der Waals surface area contributed by atoms with Crippen molar-refractivity contribution in [3.8, 4) is 5.69 Å². The Labute approximate surface area is 209 Å². The summed E-state index contributed by atoms with van der Waals surface area (Å²) in [6.07, 6.45) is 0. The largest absolute Gasteiger partial charge is 0.479 e. The number of carbonyl (C=O) groups is 2. The molecular formula is C22H15Cl2FN4O5S. The van der Waals surface area contributed by atoms with E-state index in [0.717, 1.165) is 22.0 Å². The van der Waals surface area contributed by atoms with Crippen LogP contribution in [0.5, 0.6) is 0 Å². The van der Waals surface area contributed by atoms with Crippen molar-refractivity contribution in [2.75, 3.05) is 12.4 Å². The van der Waals surface area contributed by atoms with Crippen molar-refractivity contribution in [1.29, 1.82) is 0 Å². The van der Waals surface area contributed by atoms with Crippen molar-refractivity contribution < 1.29 is 19.1 Å². The summed E-state index contributed by atoms with van der Waals surface area (Å²) < 4.78 is 15.3. The maximum Gasteiger partial charge on any atom is 0.333 e. The van der Waals surface area contributed by atoms with Gasteiger partial charge in [-0.05, 0) is 42.5 Å². The van der Waals surface area contributed by atoms with E-state index in [-0.39, 0.29) is 32.9 Å². The Bertz CT molecular complexity index is 1610. The van der Waals surface area contributed by atoms with Gasteiger partial charge in [-0.1, -0.05) is 23.2 Å². The number of nitrogens with zero attached hydrogens (tertiary/aromatic N) is 1. The maximum absolute atomic E-state index is 14.2. The van der Waals surface area contributed by atoms with Gasteiger partial charge in [0, 0.05) is 11.9 Å². The first-order chi connectivity index (χ1) is 16.6. The molecule has 13 heteroatoms. The third-order valence-electron chi connectivity index (χ3n) is 5.11. The van der Waals surface area contributed by atoms with Crippen molar-refractivity contribution >= 4 is 63.0 Å². The molecule has 1 unspecified atom stereocenters. The van der Waals surface area contributed by atoms with Crippen LogP contribution in [0.15, 0.2) is 52.1 Å². The fourth-order valence-electron chi connectivity index (χ4n) is 3.44. The number of hydrogen-bond acceptors (Lipinski definition) is 6. The fourth-order valence-corrected chi connectivity index (χ4v) is 4.80. The lowest BCUT2D eigenvalue weighted by atomic mass is 10.1. The van der Waals surface area contributed by atoms with Gasteiger partial charge < -0.3 is 20.7 Å². The molecule has 2 aromatic carbocycles. The second kappa shape index (κ2) is 9.53. The van der Waals surface area contributed by atoms with E-state index < -0.39 is 35.0 Å². The number of benzene rings is 2. The first-order valence-corrected chi connectivity index (χ1v) is 11.4. The predicted octanol–water partition coefficient (Wildman–Crippen LogP) is 3.78. The van der Waals surface area contributed by atoms with Crippen LogP contribution >= 0.6 is 34.5 Å². The van der Waals surface area contributed by atoms with E-state index in [9.17, 15) is 28.7 Å². The van der Waals surface area contributed by atoms with Crippen molar-refractivity contribution in [3.05, 3.63) is 88.9 Å². The third-order valence-corrected chi connectivity index (χ3v) is 6.72. The van der Waals surface area contributed by atoms with E-state index in [1.54, 1.807) is 0 Å². The minimum absolute atomic E-state index is 0.0256. The summed E-state index contributed by atoms with van der Waals surface area (Å²) in [5, 5.41) is 14.3. The Hall–Kier alpha value is -3.67. The SMILES string of the molecule is CNc1cc2[nH]c(=O)n(-c3ccc(C(=O)NC(C(=O)O)c4ccc(Cl)s4)c(Cl)c3)c(=O)c2cc1F. The number of thiophene rings is 1. The number of aliphatic carboxylic acids is 1. The number of anilines is 1. The maximum atomic E-state index is 14.2. The minimum Gasteiger partial charge on any atom is -0.479 e. The lowest BCUT2D eigenvalue weighted by Crippen LogP contribution is -2.34. The summed E-state index contributed by atoms with van der Waals surface area (Å²) in [7, 11) is 1.50. The number of hydrogen-bond donors (Lipinski definition) is 4. The number of fused-ring (bicyclic) bond motifs is 1. The summed E-state index contributed by atoms with van der Waals surface area (Å²) in [5.41, 5.74) is -1.41. The number of nitrogens with one attached hydrogen (secondary N) is 3. The molecule has 9 nitrogen and oxygen atoms in total. The third kappa shape index (κ3) is 4.65. The van der Waals surface area contributed by atoms with Crippen molar-refractivity contribution in [2.45, 2.75) is 6.04 Å². The Kier molecular flexibility index (Phi) is 6.66. The molecule has 0 saturated carbocycles. The molecule has 2 heterocycles. The fraction of sp³-hybridized carbons (Fsp3) is 0.0909. The molecule has 35 heavy (non-hydrogen) atoms. The standard InChI is InChI=1S/C22H15Cl2FN4O5S/c1-26-15-8-14-11(7-13(15)25)20(31)29(22(34)27-14)9-2-3-10(12(23)6-9)19(30)28-18(21(32)33)16-4-5-17(24)35-16/h2-8,18,26H,1H3,(H,27,34)(H,28,30)(H,32,33). The number of amides is 1. The number of carboxylic acids is 1. The van der Waals surface area contributed by atoms with Gasteiger partial charge in [0.1, 0.15) is 5.82 Å². The van der Waals surface area contributed by atoms with Crippen LogP contribution in [0.2, 0.25) is 9.36 Å². The van der Waals surface area contributed by atoms with Gasteiger partial charge in [-0.25, -0.2) is 18.5 Å². The zero-order valence-corrected chi connectivity index (χ0v) is 20.0. The van der Waals surface area contributed by atoms with Crippen LogP contribution in [-0.4, -0.2) is 33.6 Å². The van der Waals surface area contributed by atoms with Gasteiger partial charge in [-0.15, -0.1) is 11.3 Å². The highest BCUT2D eigenvalue weighted by Gasteiger charge is 2.25. The molecule has 0 aliphatic heterocycles. The predicted molar refractivity (Wildman–Crippen MR) is 132 cm³/mol. The highest BCUT2D eigenvalue weighted by Crippen LogP contribution is 2.28. The Balaban J connectivity index is 1.71. The van der Waals surface area contributed by atoms with E-state index in [1.165, 1.54) is 43.4 Å². The Morgan fingerprint density at radius 1 is 1.14 bits per heavy atom. The van der Waals surface area contributed by atoms with Gasteiger partial charge in [-0.2, -0.15) is 0 Å². The summed E-state index contributed by atoms with van der Waals surface area (Å²) >= 11 is 13.1. The van der Waals surface area contributed by atoms with Crippen molar-refractivity contribution in [2.24, 2.45) is 0 Å². The lowest BCUT2D eigenvalue weighted by Gasteiger charge is -2.14. The molecule has 0 aliphatic carbocycles. The zero-order valence-electron chi connectivity index (χ0n) is 17.7. The zero-order chi connectivity index (χ0) is 25.4. The molecule has 0 saturated heterocycles. The normalized spacial score (nSPS) is 11.9. The van der Waals surface area contributed by atoms with Crippen LogP contribution in [-0.2, 0) is 4.79 Å². The van der Waals surface area contributed by atoms with Gasteiger partial charge >= 0.3 is 11.7 Å². The highest BCUT2D eigenvalue weighted by molar-refractivity contribution is 7.16. The first kappa shape index (κ1) is 24.5. The number of halogens is 3. The van der Waals surface area contributed by atoms with E-state index in [4.69, 9.17) is 23.2 Å². The van der Waals surface area contributed by atoms with Crippen LogP contribution in [0, 0.1) is 5.82 Å². The van der Waals surface area contributed by atoms with Crippen LogP contribution < -0.4 is 21.9 Å². The molecule has 4 N–H and O–H groups in total. The Morgan fingerprint density at radius 3 is 2.49 bits per heavy atom. The summed E-state index contributed by atoms with van der Waals surface area (Å²) in [5.74, 6) is -2.77. The Morgan fingerprint density at radius 2 is 1.89 bits per heavy atom. The van der Waals surface area contributed by atoms with Crippen molar-refractivity contribution in [1.82, 2.24) is 14.9 Å². The molecular weight excluding hydrogens is 522 g/mol. The number of H-pyrrole nitrogens is 1. The average molecular weight is 537 g/mol. The van der Waals surface area contributed by atoms with E-state index in [2.05, 4.69) is 15.6 Å². The van der Waals surface area contributed by atoms with Crippen LogP contribution in [0.25, 0.3) is 16.6 Å². The topological polar surface area (TPSA) is 133 Å². The van der Waals surface area contributed by atoms with Crippen molar-refractivity contribution in [3.63, 3.8) is 0 Å². The molecule has 1 atom stereocenters. The monoisotopic (exact) mass is 536 g/mol. The average Bonchev–Trinajstić information content (AvgIpc) is 3.23. The quantitative estimate of drug-likeness (QED) is 0.296. The minimum atomic E-state index is -1.36. The van der Waals surface area contributed by atoms with Crippen LogP contribution in [0.4, 0.5) is 10.1 Å². The number of carboxylic acid groups (broad SMARTS) is 1.